The maximum atomic E-state index is 13.5. The van der Waals surface area contributed by atoms with E-state index in [1.807, 2.05) is 0 Å². The summed E-state index contributed by atoms with van der Waals surface area (Å²) in [6.07, 6.45) is 0. The predicted molar refractivity (Wildman–Crippen MR) is 222 cm³/mol. The van der Waals surface area contributed by atoms with Crippen molar-refractivity contribution in [1.82, 2.24) is 0 Å². The smallest absolute Gasteiger partial charge is 0.716 e. The molecule has 0 saturated heterocycles. The third-order valence-corrected chi connectivity index (χ3v) is 10.8. The van der Waals surface area contributed by atoms with Crippen molar-refractivity contribution < 1.29 is 205 Å². The number of hydrogen-bond donors (Lipinski definition) is 0. The third-order valence-electron chi connectivity index (χ3n) is 9.17. The second kappa shape index (κ2) is 24.3. The maximum absolute atomic E-state index is 13.5. The summed E-state index contributed by atoms with van der Waals surface area (Å²) in [5.74, 6) is -2.51. The number of fused-ring (bicyclic) bond motifs is 2. The van der Waals surface area contributed by atoms with Gasteiger partial charge in [0.15, 0.2) is 10.9 Å². The van der Waals surface area contributed by atoms with Crippen LogP contribution in [0.4, 0.5) is 0 Å². The van der Waals surface area contributed by atoms with E-state index < -0.39 is 64.0 Å². The second-order valence-corrected chi connectivity index (χ2v) is 17.8. The van der Waals surface area contributed by atoms with Gasteiger partial charge in [0.25, 0.3) is 41.6 Å². The number of hydrogen-bond acceptors (Lipinski definition) is 22. The van der Waals surface area contributed by atoms with Gasteiger partial charge in [0.2, 0.25) is 0 Å². The molecule has 0 aliphatic carbocycles. The van der Waals surface area contributed by atoms with Crippen LogP contribution in [0.15, 0.2) is 115 Å². The van der Waals surface area contributed by atoms with Crippen molar-refractivity contribution >= 4 is 63.5 Å². The van der Waals surface area contributed by atoms with Crippen LogP contribution < -0.4 is 155 Å². The largest absolute Gasteiger partial charge is 1.00 e. The van der Waals surface area contributed by atoms with Gasteiger partial charge in [0.05, 0.1) is 0 Å². The maximum Gasteiger partial charge on any atom is 1.00 e. The summed E-state index contributed by atoms with van der Waals surface area (Å²) in [7, 11) is -20.8. The summed E-state index contributed by atoms with van der Waals surface area (Å²) in [6.45, 7) is 2.85. The van der Waals surface area contributed by atoms with Gasteiger partial charge >= 0.3 is 118 Å². The molecule has 0 spiro atoms. The molecule has 2 heterocycles. The molecule has 346 valence electrons. The number of rotatable bonds is 16. The Labute approximate surface area is 486 Å². The van der Waals surface area contributed by atoms with Crippen LogP contribution in [0.2, 0.25) is 0 Å². The Morgan fingerprint density at radius 3 is 1.03 bits per heavy atom. The zero-order valence-corrected chi connectivity index (χ0v) is 48.5. The summed E-state index contributed by atoms with van der Waals surface area (Å²) < 4.78 is 176. The van der Waals surface area contributed by atoms with Crippen molar-refractivity contribution in [2.24, 2.45) is 0 Å². The molecule has 7 aromatic rings. The van der Waals surface area contributed by atoms with Crippen molar-refractivity contribution in [3.8, 4) is 57.1 Å². The fourth-order valence-corrected chi connectivity index (χ4v) is 7.80. The third kappa shape index (κ3) is 16.5. The molecule has 7 rings (SSSR count). The molecule has 0 unspecified atom stereocenters. The van der Waals surface area contributed by atoms with Crippen LogP contribution in [0.5, 0.6) is 34.5 Å². The topological polar surface area (TPSA) is 345 Å². The molecule has 5 aromatic carbocycles. The Kier molecular flexibility index (Phi) is 21.3. The van der Waals surface area contributed by atoms with E-state index in [1.54, 1.807) is 26.0 Å². The van der Waals surface area contributed by atoms with E-state index in [4.69, 9.17) is 18.3 Å². The van der Waals surface area contributed by atoms with Crippen molar-refractivity contribution in [1.29, 1.82) is 0 Å². The van der Waals surface area contributed by atoms with Crippen molar-refractivity contribution in [2.45, 2.75) is 27.1 Å². The average molecular weight is 1080 g/mol. The van der Waals surface area contributed by atoms with Gasteiger partial charge in [-0.3, -0.25) is 9.59 Å². The van der Waals surface area contributed by atoms with E-state index in [0.717, 1.165) is 60.7 Å². The van der Waals surface area contributed by atoms with Crippen LogP contribution >= 0.6 is 0 Å². The fourth-order valence-electron chi connectivity index (χ4n) is 6.44. The van der Waals surface area contributed by atoms with E-state index in [-0.39, 0.29) is 199 Å². The number of aryl methyl sites for hydroxylation is 2. The normalized spacial score (nSPS) is 11.5. The quantitative estimate of drug-likeness (QED) is 0.0493. The Morgan fingerprint density at radius 2 is 0.729 bits per heavy atom. The van der Waals surface area contributed by atoms with Gasteiger partial charge < -0.3 is 53.3 Å². The molecule has 0 amide bonds. The first kappa shape index (κ1) is 61.3. The zero-order chi connectivity index (χ0) is 47.9. The molecule has 0 atom stereocenters. The zero-order valence-electron chi connectivity index (χ0n) is 37.3. The summed E-state index contributed by atoms with van der Waals surface area (Å²) >= 11 is 0. The van der Waals surface area contributed by atoms with E-state index in [2.05, 4.69) is 16.7 Å². The molecule has 0 radical (unpaired) electrons. The monoisotopic (exact) mass is 1080 g/mol. The SMILES string of the molecule is Cc1cc(COc2cc(OS(=O)(=O)[O-])cc3oc(-c4ccc(OS(=O)(=O)[O-])cc4)cc(=O)c23)c(C)cc1COc1cc(OS(=O)(=O)[O-])cc2oc(-c3ccc(OS(=O)(=O)[O-])cc3)cc(=O)c12.[Na+].[Na+].[Na+].[Na+]. The number of benzene rings is 5. The first-order chi connectivity index (χ1) is 30.8. The van der Waals surface area contributed by atoms with Gasteiger partial charge in [-0.05, 0) is 84.6 Å². The molecule has 0 bridgehead atoms. The summed E-state index contributed by atoms with van der Waals surface area (Å²) in [5, 5.41) is -0.376. The van der Waals surface area contributed by atoms with Crippen LogP contribution in [0.1, 0.15) is 22.3 Å². The molecule has 0 saturated carbocycles. The minimum atomic E-state index is -5.33. The molecule has 70 heavy (non-hydrogen) atoms. The second-order valence-electron chi connectivity index (χ2n) is 13.8. The van der Waals surface area contributed by atoms with Gasteiger partial charge in [0, 0.05) is 47.5 Å². The van der Waals surface area contributed by atoms with E-state index in [9.17, 15) is 61.5 Å². The molecule has 0 aliphatic heterocycles. The van der Waals surface area contributed by atoms with Gasteiger partial charge in [0.1, 0.15) is 81.2 Å². The molecular formula is C40H26Na4O22S4. The Balaban J connectivity index is 0.00000324. The van der Waals surface area contributed by atoms with Gasteiger partial charge in [-0.1, -0.05) is 12.1 Å². The van der Waals surface area contributed by atoms with Crippen LogP contribution in [-0.2, 0) is 54.8 Å². The molecule has 0 fully saturated rings. The van der Waals surface area contributed by atoms with Gasteiger partial charge in [-0.25, -0.2) is 33.7 Å². The molecule has 0 aliphatic rings. The van der Waals surface area contributed by atoms with Crippen LogP contribution in [0, 0.1) is 13.8 Å². The molecular weight excluding hydrogens is 1050 g/mol. The standard InChI is InChI=1S/C40H30O22S4.4Na/c1-21-11-26(20-56-36-14-30(62-66(52,53)54)16-38-40(36)32(42)18-34(58-38)24-5-9-28(10-6-24)60-64(46,47)48)22(2)12-25(21)19-55-35-13-29(61-65(49,50)51)15-37-39(35)31(41)17-33(57-37)23-3-7-27(8-4-23)59-63(43,44)45;;;;/h3-18H,19-20H2,1-2H3,(H,43,44,45)(H,46,47,48)(H,49,50,51)(H,52,53,54);;;;/q;4*+1/p-4. The fraction of sp³-hybridized carbons (Fsp3) is 0.100. The average Bonchev–Trinajstić information content (AvgIpc) is 3.18. The van der Waals surface area contributed by atoms with E-state index in [0.29, 0.717) is 22.3 Å². The Morgan fingerprint density at radius 1 is 0.429 bits per heavy atom. The predicted octanol–water partition coefficient (Wildman–Crippen LogP) is -7.62. The Bertz CT molecular complexity index is 3420. The number of ether oxygens (including phenoxy) is 2. The van der Waals surface area contributed by atoms with Gasteiger partial charge in [-0.2, -0.15) is 0 Å². The van der Waals surface area contributed by atoms with Crippen molar-refractivity contribution in [2.75, 3.05) is 0 Å². The Hall–Kier alpha value is -3.04. The van der Waals surface area contributed by atoms with Crippen LogP contribution in [0.25, 0.3) is 44.6 Å². The first-order valence-corrected chi connectivity index (χ1v) is 23.5. The summed E-state index contributed by atoms with van der Waals surface area (Å²) in [4.78, 5) is 27.0. The van der Waals surface area contributed by atoms with Gasteiger partial charge in [-0.15, -0.1) is 0 Å². The minimum Gasteiger partial charge on any atom is -0.716 e. The molecule has 0 N–H and O–H groups in total. The summed E-state index contributed by atoms with van der Waals surface area (Å²) in [6, 6.07) is 18.9. The summed E-state index contributed by atoms with van der Waals surface area (Å²) in [5.41, 5.74) is 0.664. The minimum absolute atomic E-state index is 0. The molecule has 30 heteroatoms. The van der Waals surface area contributed by atoms with E-state index >= 15 is 0 Å². The molecule has 2 aromatic heterocycles. The van der Waals surface area contributed by atoms with Crippen molar-refractivity contribution in [3.63, 3.8) is 0 Å². The van der Waals surface area contributed by atoms with Crippen LogP contribution in [0.3, 0.4) is 0 Å². The first-order valence-electron chi connectivity index (χ1n) is 18.2. The van der Waals surface area contributed by atoms with Crippen LogP contribution in [-0.4, -0.2) is 51.9 Å². The van der Waals surface area contributed by atoms with Crippen molar-refractivity contribution in [3.05, 3.63) is 140 Å². The van der Waals surface area contributed by atoms with E-state index in [1.165, 1.54) is 24.3 Å². The molecule has 22 nitrogen and oxygen atoms in total.